The summed E-state index contributed by atoms with van der Waals surface area (Å²) < 4.78 is 51.3. The highest BCUT2D eigenvalue weighted by Crippen LogP contribution is 2.51. The Morgan fingerprint density at radius 3 is 2.88 bits per heavy atom. The fraction of sp³-hybridized carbons (Fsp3) is 0.630. The molecule has 1 N–H and O–H groups in total. The molecule has 3 fully saturated rings. The summed E-state index contributed by atoms with van der Waals surface area (Å²) in [6.45, 7) is 2.29. The molecule has 6 rings (SSSR count). The van der Waals surface area contributed by atoms with Gasteiger partial charge in [0.15, 0.2) is 5.01 Å². The lowest BCUT2D eigenvalue weighted by atomic mass is 9.78. The Kier molecular flexibility index (Phi) is 7.34. The minimum Gasteiger partial charge on any atom is -0.379 e. The van der Waals surface area contributed by atoms with Gasteiger partial charge in [0, 0.05) is 81.9 Å². The largest absolute Gasteiger partial charge is 0.417 e. The molecule has 0 spiro atoms. The summed E-state index contributed by atoms with van der Waals surface area (Å²) >= 11 is 1.27. The van der Waals surface area contributed by atoms with E-state index in [1.54, 1.807) is 28.5 Å². The zero-order valence-corrected chi connectivity index (χ0v) is 23.0. The molecule has 1 aliphatic carbocycles. The van der Waals surface area contributed by atoms with E-state index in [4.69, 9.17) is 9.47 Å². The number of nitrogens with zero attached hydrogens (tertiary/aromatic N) is 4. The number of nitrogens with one attached hydrogen (secondary N) is 1. The number of thiazole rings is 1. The van der Waals surface area contributed by atoms with E-state index in [0.29, 0.717) is 61.8 Å². The first kappa shape index (κ1) is 27.6. The van der Waals surface area contributed by atoms with Crippen LogP contribution in [0.3, 0.4) is 0 Å². The molecule has 1 saturated carbocycles. The predicted molar refractivity (Wildman–Crippen MR) is 138 cm³/mol. The average molecular weight is 580 g/mol. The summed E-state index contributed by atoms with van der Waals surface area (Å²) in [7, 11) is 1.66. The number of pyridine rings is 1. The lowest BCUT2D eigenvalue weighted by Crippen LogP contribution is -2.52. The standard InChI is InChI=1S/C27H32F3N5O4S/c1-38-22-14-39-6-3-21(22)33-19-9-18-13-35(24(36)23-31-4-7-40-23)15-26(18,10-19)25(37)34-5-2-20-16(12-34)8-17(11-32-20)27(28,29)30/h4,7-8,11,18-19,21-22,33H,2-3,5-6,9-10,12-15H2,1H3. The molecular formula is C27H32F3N5O4S. The van der Waals surface area contributed by atoms with Gasteiger partial charge in [-0.05, 0) is 36.8 Å². The van der Waals surface area contributed by atoms with Gasteiger partial charge in [0.1, 0.15) is 0 Å². The van der Waals surface area contributed by atoms with Gasteiger partial charge in [-0.15, -0.1) is 11.3 Å². The van der Waals surface area contributed by atoms with Crippen LogP contribution in [0.4, 0.5) is 13.2 Å². The van der Waals surface area contributed by atoms with Crippen molar-refractivity contribution in [1.82, 2.24) is 25.1 Å². The summed E-state index contributed by atoms with van der Waals surface area (Å²) in [5.74, 6) is -0.370. The van der Waals surface area contributed by atoms with Gasteiger partial charge < -0.3 is 24.6 Å². The number of hydrogen-bond acceptors (Lipinski definition) is 8. The van der Waals surface area contributed by atoms with Crippen molar-refractivity contribution in [3.8, 4) is 0 Å². The van der Waals surface area contributed by atoms with E-state index in [9.17, 15) is 22.8 Å². The van der Waals surface area contributed by atoms with E-state index in [0.717, 1.165) is 18.7 Å². The van der Waals surface area contributed by atoms with Crippen LogP contribution in [-0.2, 0) is 33.4 Å². The molecule has 2 aromatic rings. The topological polar surface area (TPSA) is 96.9 Å². The summed E-state index contributed by atoms with van der Waals surface area (Å²) in [6, 6.07) is 1.25. The van der Waals surface area contributed by atoms with Gasteiger partial charge in [-0.25, -0.2) is 4.98 Å². The van der Waals surface area contributed by atoms with Crippen LogP contribution < -0.4 is 5.32 Å². The molecule has 2 aromatic heterocycles. The second-order valence-electron chi connectivity index (χ2n) is 11.2. The summed E-state index contributed by atoms with van der Waals surface area (Å²) in [5, 5.41) is 5.86. The fourth-order valence-electron chi connectivity index (χ4n) is 6.96. The molecule has 0 bridgehead atoms. The van der Waals surface area contributed by atoms with Crippen molar-refractivity contribution in [2.45, 2.75) is 56.6 Å². The highest BCUT2D eigenvalue weighted by molar-refractivity contribution is 7.11. The van der Waals surface area contributed by atoms with Crippen molar-refractivity contribution in [3.63, 3.8) is 0 Å². The van der Waals surface area contributed by atoms with Crippen LogP contribution in [0.2, 0.25) is 0 Å². The van der Waals surface area contributed by atoms with Gasteiger partial charge in [0.2, 0.25) is 5.91 Å². The van der Waals surface area contributed by atoms with Crippen LogP contribution in [0.5, 0.6) is 0 Å². The van der Waals surface area contributed by atoms with Crippen LogP contribution in [0, 0.1) is 11.3 Å². The molecule has 2 saturated heterocycles. The Hall–Kier alpha value is -2.61. The summed E-state index contributed by atoms with van der Waals surface area (Å²) in [6.07, 6.45) is 0.299. The molecule has 5 heterocycles. The number of carbonyl (C=O) groups is 2. The zero-order valence-electron chi connectivity index (χ0n) is 22.2. The van der Waals surface area contributed by atoms with Gasteiger partial charge in [0.05, 0.1) is 23.7 Å². The molecule has 0 radical (unpaired) electrons. The van der Waals surface area contributed by atoms with Crippen LogP contribution in [0.25, 0.3) is 0 Å². The van der Waals surface area contributed by atoms with Crippen LogP contribution in [-0.4, -0.2) is 89.7 Å². The second-order valence-corrected chi connectivity index (χ2v) is 12.1. The number of rotatable bonds is 5. The van der Waals surface area contributed by atoms with E-state index in [1.807, 2.05) is 0 Å². The fourth-order valence-corrected chi connectivity index (χ4v) is 7.56. The maximum Gasteiger partial charge on any atom is 0.417 e. The number of halogens is 3. The number of ether oxygens (including phenoxy) is 2. The minimum absolute atomic E-state index is 0.0439. The van der Waals surface area contributed by atoms with E-state index in [1.165, 1.54) is 11.3 Å². The monoisotopic (exact) mass is 579 g/mol. The quantitative estimate of drug-likeness (QED) is 0.582. The summed E-state index contributed by atoms with van der Waals surface area (Å²) in [4.78, 5) is 39.2. The van der Waals surface area contributed by atoms with E-state index in [2.05, 4.69) is 15.3 Å². The maximum absolute atomic E-state index is 14.4. The lowest BCUT2D eigenvalue weighted by molar-refractivity contribution is -0.143. The SMILES string of the molecule is COC1COCCC1NC1CC2CN(C(=O)c3nccs3)CC2(C(=O)N2CCc3ncc(C(F)(F)F)cc3C2)C1. The third kappa shape index (κ3) is 5.01. The number of likely N-dealkylation sites (tertiary alicyclic amines) is 1. The smallest absolute Gasteiger partial charge is 0.379 e. The number of methoxy groups -OCH3 is 1. The Balaban J connectivity index is 1.25. The molecule has 40 heavy (non-hydrogen) atoms. The van der Waals surface area contributed by atoms with Gasteiger partial charge in [-0.1, -0.05) is 0 Å². The van der Waals surface area contributed by atoms with Gasteiger partial charge in [0.25, 0.3) is 5.91 Å². The van der Waals surface area contributed by atoms with Crippen molar-refractivity contribution < 1.29 is 32.2 Å². The number of carbonyl (C=O) groups excluding carboxylic acids is 2. The van der Waals surface area contributed by atoms with Crippen molar-refractivity contribution in [1.29, 1.82) is 0 Å². The van der Waals surface area contributed by atoms with Crippen molar-refractivity contribution >= 4 is 23.2 Å². The predicted octanol–water partition coefficient (Wildman–Crippen LogP) is 2.76. The Morgan fingerprint density at radius 1 is 1.27 bits per heavy atom. The highest BCUT2D eigenvalue weighted by atomic mass is 32.1. The van der Waals surface area contributed by atoms with Crippen molar-refractivity contribution in [2.24, 2.45) is 11.3 Å². The first-order chi connectivity index (χ1) is 19.2. The molecule has 5 unspecified atom stereocenters. The number of alkyl halides is 3. The summed E-state index contributed by atoms with van der Waals surface area (Å²) in [5.41, 5.74) is -0.625. The van der Waals surface area contributed by atoms with Gasteiger partial charge in [-0.3, -0.25) is 14.6 Å². The lowest BCUT2D eigenvalue weighted by Gasteiger charge is -2.37. The molecule has 5 atom stereocenters. The molecule has 3 aliphatic heterocycles. The van der Waals surface area contributed by atoms with E-state index in [-0.39, 0.29) is 49.0 Å². The number of amides is 2. The van der Waals surface area contributed by atoms with Crippen LogP contribution in [0.1, 0.15) is 45.9 Å². The third-order valence-electron chi connectivity index (χ3n) is 8.91. The van der Waals surface area contributed by atoms with Crippen LogP contribution in [0.15, 0.2) is 23.8 Å². The first-order valence-corrected chi connectivity index (χ1v) is 14.5. The minimum atomic E-state index is -4.51. The normalized spacial score (nSPS) is 30.3. The molecule has 4 aliphatic rings. The Morgan fingerprint density at radius 2 is 2.12 bits per heavy atom. The Bertz CT molecular complexity index is 1260. The molecule has 13 heteroatoms. The molecule has 2 amide bonds. The number of fused-ring (bicyclic) bond motifs is 2. The highest BCUT2D eigenvalue weighted by Gasteiger charge is 2.60. The van der Waals surface area contributed by atoms with Crippen LogP contribution >= 0.6 is 11.3 Å². The number of aromatic nitrogens is 2. The average Bonchev–Trinajstić information content (AvgIpc) is 3.67. The van der Waals surface area contributed by atoms with E-state index >= 15 is 0 Å². The molecule has 0 aromatic carbocycles. The third-order valence-corrected chi connectivity index (χ3v) is 9.68. The van der Waals surface area contributed by atoms with Crippen molar-refractivity contribution in [3.05, 3.63) is 45.7 Å². The van der Waals surface area contributed by atoms with Gasteiger partial charge >= 0.3 is 6.18 Å². The molecule has 9 nitrogen and oxygen atoms in total. The Labute approximate surface area is 234 Å². The van der Waals surface area contributed by atoms with Gasteiger partial charge in [-0.2, -0.15) is 13.2 Å². The van der Waals surface area contributed by atoms with Crippen molar-refractivity contribution in [2.75, 3.05) is 40.0 Å². The first-order valence-electron chi connectivity index (χ1n) is 13.6. The molecular weight excluding hydrogens is 547 g/mol. The zero-order chi connectivity index (χ0) is 28.1. The molecule has 216 valence electrons. The number of hydrogen-bond donors (Lipinski definition) is 1. The van der Waals surface area contributed by atoms with E-state index < -0.39 is 17.2 Å². The second kappa shape index (κ2) is 10.7. The maximum atomic E-state index is 14.4.